The first kappa shape index (κ1) is 23.3. The molecule has 2 amide bonds. The molecule has 0 spiro atoms. The van der Waals surface area contributed by atoms with Crippen molar-refractivity contribution in [2.75, 3.05) is 6.61 Å². The highest BCUT2D eigenvalue weighted by molar-refractivity contribution is 5.85. The summed E-state index contributed by atoms with van der Waals surface area (Å²) in [4.78, 5) is 24.3. The van der Waals surface area contributed by atoms with Crippen molar-refractivity contribution in [2.24, 2.45) is 0 Å². The molecule has 2 unspecified atom stereocenters. The molecule has 0 bridgehead atoms. The van der Waals surface area contributed by atoms with Gasteiger partial charge in [0.15, 0.2) is 12.7 Å². The largest absolute Gasteiger partial charge is 0.484 e. The highest BCUT2D eigenvalue weighted by Crippen LogP contribution is 2.29. The van der Waals surface area contributed by atoms with E-state index in [0.29, 0.717) is 23.3 Å². The summed E-state index contributed by atoms with van der Waals surface area (Å²) in [5.74, 6) is 1.13. The molecule has 0 heterocycles. The van der Waals surface area contributed by atoms with Gasteiger partial charge in [0.25, 0.3) is 11.8 Å². The molecule has 2 rings (SSSR count). The maximum Gasteiger partial charge on any atom is 0.279 e. The second-order valence-corrected chi connectivity index (χ2v) is 7.66. The van der Waals surface area contributed by atoms with E-state index in [2.05, 4.69) is 38.5 Å². The monoisotopic (exact) mass is 412 g/mol. The summed E-state index contributed by atoms with van der Waals surface area (Å²) < 4.78 is 11.3. The summed E-state index contributed by atoms with van der Waals surface area (Å²) in [5, 5.41) is 0. The first-order chi connectivity index (χ1) is 14.3. The molecule has 2 aromatic carbocycles. The Morgan fingerprint density at radius 2 is 1.60 bits per heavy atom. The van der Waals surface area contributed by atoms with Gasteiger partial charge in [-0.25, -0.2) is 0 Å². The van der Waals surface area contributed by atoms with E-state index in [1.165, 1.54) is 5.56 Å². The quantitative estimate of drug-likeness (QED) is 0.602. The number of hydrogen-bond acceptors (Lipinski definition) is 4. The van der Waals surface area contributed by atoms with Gasteiger partial charge >= 0.3 is 0 Å². The van der Waals surface area contributed by atoms with E-state index in [4.69, 9.17) is 9.47 Å². The van der Waals surface area contributed by atoms with Gasteiger partial charge in [0.1, 0.15) is 11.5 Å². The topological polar surface area (TPSA) is 76.7 Å². The number of para-hydroxylation sites is 1. The van der Waals surface area contributed by atoms with Crippen LogP contribution in [0.15, 0.2) is 48.5 Å². The molecular weight excluding hydrogens is 380 g/mol. The Kier molecular flexibility index (Phi) is 8.71. The van der Waals surface area contributed by atoms with Crippen LogP contribution in [0.5, 0.6) is 11.5 Å². The summed E-state index contributed by atoms with van der Waals surface area (Å²) >= 11 is 0. The third-order valence-electron chi connectivity index (χ3n) is 4.98. The number of benzene rings is 2. The van der Waals surface area contributed by atoms with Crippen LogP contribution in [0, 0.1) is 0 Å². The Morgan fingerprint density at radius 3 is 2.23 bits per heavy atom. The minimum Gasteiger partial charge on any atom is -0.484 e. The van der Waals surface area contributed by atoms with Crippen molar-refractivity contribution < 1.29 is 19.1 Å². The Bertz CT molecular complexity index is 833. The lowest BCUT2D eigenvalue weighted by atomic mass is 9.98. The molecular formula is C24H32N2O4. The molecule has 0 aliphatic carbocycles. The minimum absolute atomic E-state index is 0.201. The molecule has 0 aliphatic rings. The standard InChI is InChI=1S/C24H32N2O4/c1-6-17(4)21-9-7-8-10-22(21)30-18(5)24(28)26-25-23(27)15-29-20-13-11-19(12-14-20)16(2)3/h7-14,16-18H,6,15H2,1-5H3,(H,25,27)(H,26,28). The Hall–Kier alpha value is -3.02. The first-order valence-electron chi connectivity index (χ1n) is 10.4. The number of hydrazine groups is 1. The van der Waals surface area contributed by atoms with Gasteiger partial charge in [-0.2, -0.15) is 0 Å². The van der Waals surface area contributed by atoms with Crippen molar-refractivity contribution >= 4 is 11.8 Å². The van der Waals surface area contributed by atoms with Gasteiger partial charge in [0.05, 0.1) is 0 Å². The molecule has 6 heteroatoms. The number of carbonyl (C=O) groups excluding carboxylic acids is 2. The molecule has 0 radical (unpaired) electrons. The molecule has 0 saturated heterocycles. The van der Waals surface area contributed by atoms with Crippen LogP contribution in [0.2, 0.25) is 0 Å². The maximum absolute atomic E-state index is 12.3. The van der Waals surface area contributed by atoms with Gasteiger partial charge in [-0.1, -0.05) is 58.0 Å². The van der Waals surface area contributed by atoms with Crippen molar-refractivity contribution in [1.29, 1.82) is 0 Å². The second kappa shape index (κ2) is 11.2. The van der Waals surface area contributed by atoms with E-state index in [1.54, 1.807) is 6.92 Å². The van der Waals surface area contributed by atoms with Gasteiger partial charge in [-0.05, 0) is 54.5 Å². The van der Waals surface area contributed by atoms with E-state index in [0.717, 1.165) is 12.0 Å². The SMILES string of the molecule is CCC(C)c1ccccc1OC(C)C(=O)NNC(=O)COc1ccc(C(C)C)cc1. The van der Waals surface area contributed by atoms with Crippen LogP contribution >= 0.6 is 0 Å². The van der Waals surface area contributed by atoms with Crippen LogP contribution < -0.4 is 20.3 Å². The number of nitrogens with one attached hydrogen (secondary N) is 2. The van der Waals surface area contributed by atoms with Crippen LogP contribution in [0.3, 0.4) is 0 Å². The summed E-state index contributed by atoms with van der Waals surface area (Å²) in [5.41, 5.74) is 6.99. The van der Waals surface area contributed by atoms with Gasteiger partial charge < -0.3 is 9.47 Å². The summed E-state index contributed by atoms with van der Waals surface area (Å²) in [6.45, 7) is 9.88. The predicted octanol–water partition coefficient (Wildman–Crippen LogP) is 4.32. The highest BCUT2D eigenvalue weighted by Gasteiger charge is 2.18. The van der Waals surface area contributed by atoms with Crippen LogP contribution in [0.1, 0.15) is 64.0 Å². The smallest absolute Gasteiger partial charge is 0.279 e. The van der Waals surface area contributed by atoms with Gasteiger partial charge in [0, 0.05) is 0 Å². The lowest BCUT2D eigenvalue weighted by Gasteiger charge is -2.19. The molecule has 0 aliphatic heterocycles. The van der Waals surface area contributed by atoms with Crippen molar-refractivity contribution in [2.45, 2.75) is 59.0 Å². The fourth-order valence-electron chi connectivity index (χ4n) is 2.83. The lowest BCUT2D eigenvalue weighted by Crippen LogP contribution is -2.48. The summed E-state index contributed by atoms with van der Waals surface area (Å²) in [6.07, 6.45) is 0.206. The zero-order valence-corrected chi connectivity index (χ0v) is 18.4. The van der Waals surface area contributed by atoms with Crippen molar-refractivity contribution in [3.8, 4) is 11.5 Å². The normalized spacial score (nSPS) is 12.7. The first-order valence-corrected chi connectivity index (χ1v) is 10.4. The summed E-state index contributed by atoms with van der Waals surface area (Å²) in [6, 6.07) is 15.3. The fraction of sp³-hybridized carbons (Fsp3) is 0.417. The zero-order chi connectivity index (χ0) is 22.1. The molecule has 2 N–H and O–H groups in total. The predicted molar refractivity (Wildman–Crippen MR) is 118 cm³/mol. The molecule has 0 aromatic heterocycles. The molecule has 2 atom stereocenters. The number of ether oxygens (including phenoxy) is 2. The molecule has 6 nitrogen and oxygen atoms in total. The van der Waals surface area contributed by atoms with Gasteiger partial charge in [0.2, 0.25) is 0 Å². The van der Waals surface area contributed by atoms with Crippen molar-refractivity contribution in [1.82, 2.24) is 10.9 Å². The van der Waals surface area contributed by atoms with Crippen LogP contribution in [0.4, 0.5) is 0 Å². The Balaban J connectivity index is 1.80. The molecule has 2 aromatic rings. The van der Waals surface area contributed by atoms with E-state index >= 15 is 0 Å². The van der Waals surface area contributed by atoms with E-state index in [1.807, 2.05) is 48.5 Å². The van der Waals surface area contributed by atoms with Gasteiger partial charge in [-0.3, -0.25) is 20.4 Å². The summed E-state index contributed by atoms with van der Waals surface area (Å²) in [7, 11) is 0. The van der Waals surface area contributed by atoms with Crippen molar-refractivity contribution in [3.63, 3.8) is 0 Å². The van der Waals surface area contributed by atoms with Crippen LogP contribution in [0.25, 0.3) is 0 Å². The third kappa shape index (κ3) is 6.79. The molecule has 30 heavy (non-hydrogen) atoms. The Morgan fingerprint density at radius 1 is 0.933 bits per heavy atom. The minimum atomic E-state index is -0.764. The van der Waals surface area contributed by atoms with E-state index < -0.39 is 17.9 Å². The average Bonchev–Trinajstić information content (AvgIpc) is 2.76. The van der Waals surface area contributed by atoms with E-state index in [-0.39, 0.29) is 6.61 Å². The molecule has 0 saturated carbocycles. The Labute approximate surface area is 178 Å². The zero-order valence-electron chi connectivity index (χ0n) is 18.4. The van der Waals surface area contributed by atoms with Crippen LogP contribution in [-0.4, -0.2) is 24.5 Å². The number of rotatable bonds is 9. The fourth-order valence-corrected chi connectivity index (χ4v) is 2.83. The number of carbonyl (C=O) groups is 2. The van der Waals surface area contributed by atoms with Gasteiger partial charge in [-0.15, -0.1) is 0 Å². The third-order valence-corrected chi connectivity index (χ3v) is 4.98. The van der Waals surface area contributed by atoms with Crippen LogP contribution in [-0.2, 0) is 9.59 Å². The molecule has 162 valence electrons. The maximum atomic E-state index is 12.3. The van der Waals surface area contributed by atoms with E-state index in [9.17, 15) is 9.59 Å². The highest BCUT2D eigenvalue weighted by atomic mass is 16.5. The molecule has 0 fully saturated rings. The number of hydrogen-bond donors (Lipinski definition) is 2. The number of amides is 2. The average molecular weight is 413 g/mol. The lowest BCUT2D eigenvalue weighted by molar-refractivity contribution is -0.133. The van der Waals surface area contributed by atoms with Crippen molar-refractivity contribution in [3.05, 3.63) is 59.7 Å². The second-order valence-electron chi connectivity index (χ2n) is 7.66.